The van der Waals surface area contributed by atoms with Crippen molar-refractivity contribution in [3.05, 3.63) is 0 Å². The fraction of sp³-hybridized carbons (Fsp3) is 0.500. The van der Waals surface area contributed by atoms with Crippen molar-refractivity contribution in [3.8, 4) is 0 Å². The van der Waals surface area contributed by atoms with E-state index in [1.54, 1.807) is 0 Å². The summed E-state index contributed by atoms with van der Waals surface area (Å²) in [4.78, 5) is 36.2. The number of carbonyl (C=O) groups is 3. The van der Waals surface area contributed by atoms with Gasteiger partial charge in [0.25, 0.3) is 5.91 Å². The van der Waals surface area contributed by atoms with Crippen LogP contribution in [0.25, 0.3) is 0 Å². The van der Waals surface area contributed by atoms with Crippen molar-refractivity contribution in [1.82, 2.24) is 5.06 Å². The van der Waals surface area contributed by atoms with Crippen molar-refractivity contribution in [2.24, 2.45) is 5.92 Å². The number of aldehydes is 1. The van der Waals surface area contributed by atoms with Crippen LogP contribution >= 0.6 is 22.6 Å². The first-order chi connectivity index (χ1) is 5.63. The molecule has 0 radical (unpaired) electrons. The Morgan fingerprint density at radius 3 is 2.83 bits per heavy atom. The van der Waals surface area contributed by atoms with Crippen molar-refractivity contribution in [2.45, 2.75) is 6.42 Å². The normalized spacial score (nSPS) is 22.6. The number of carbonyl (C=O) groups excluding carboxylic acids is 3. The lowest BCUT2D eigenvalue weighted by Gasteiger charge is -2.11. The van der Waals surface area contributed by atoms with E-state index in [-0.39, 0.29) is 24.8 Å². The van der Waals surface area contributed by atoms with Crippen LogP contribution in [0.1, 0.15) is 6.42 Å². The Hall–Kier alpha value is -0.660. The molecule has 5 nitrogen and oxygen atoms in total. The van der Waals surface area contributed by atoms with Crippen LogP contribution in [0.4, 0.5) is 4.79 Å². The van der Waals surface area contributed by atoms with Crippen LogP contribution < -0.4 is 0 Å². The molecule has 1 saturated heterocycles. The molecule has 0 spiro atoms. The Morgan fingerprint density at radius 1 is 1.75 bits per heavy atom. The molecule has 0 aromatic carbocycles. The number of halogens is 1. The average molecular weight is 283 g/mol. The summed E-state index contributed by atoms with van der Waals surface area (Å²) in [5.74, 6) is -0.662. The number of rotatable bonds is 2. The zero-order valence-electron chi connectivity index (χ0n) is 6.03. The first kappa shape index (κ1) is 9.43. The van der Waals surface area contributed by atoms with E-state index in [0.29, 0.717) is 6.29 Å². The molecule has 0 aliphatic carbocycles. The number of hydrogen-bond acceptors (Lipinski definition) is 4. The summed E-state index contributed by atoms with van der Waals surface area (Å²) in [5, 5.41) is 0.924. The molecular formula is C6H6INO4. The summed E-state index contributed by atoms with van der Waals surface area (Å²) >= 11 is 1.42. The van der Waals surface area contributed by atoms with Crippen molar-refractivity contribution < 1.29 is 19.2 Å². The van der Waals surface area contributed by atoms with Crippen molar-refractivity contribution in [3.63, 3.8) is 0 Å². The van der Waals surface area contributed by atoms with Crippen LogP contribution in [-0.4, -0.2) is 27.8 Å². The Bertz CT molecular complexity index is 230. The monoisotopic (exact) mass is 283 g/mol. The number of hydroxylamine groups is 2. The van der Waals surface area contributed by atoms with Crippen LogP contribution in [0.2, 0.25) is 0 Å². The molecule has 6 heteroatoms. The van der Waals surface area contributed by atoms with Gasteiger partial charge in [-0.3, -0.25) is 4.79 Å². The highest BCUT2D eigenvalue weighted by molar-refractivity contribution is 14.1. The lowest BCUT2D eigenvalue weighted by molar-refractivity contribution is -0.155. The predicted octanol–water partition coefficient (Wildman–Crippen LogP) is 0.520. The van der Waals surface area contributed by atoms with Crippen molar-refractivity contribution >= 4 is 38.8 Å². The summed E-state index contributed by atoms with van der Waals surface area (Å²) in [6, 6.07) is 0. The first-order valence-corrected chi connectivity index (χ1v) is 4.34. The van der Waals surface area contributed by atoms with E-state index in [4.69, 9.17) is 0 Å². The highest BCUT2D eigenvalue weighted by Gasteiger charge is 2.31. The van der Waals surface area contributed by atoms with E-state index in [0.717, 1.165) is 5.06 Å². The summed E-state index contributed by atoms with van der Waals surface area (Å²) in [5.41, 5.74) is 0. The van der Waals surface area contributed by atoms with Gasteiger partial charge < -0.3 is 9.63 Å². The third kappa shape index (κ3) is 2.16. The molecule has 1 atom stereocenters. The standard InChI is InChI=1S/C6H6INO4/c7-6(11)12-8-2-4(3-9)1-5(8)10/h3-4H,1-2H2. The fourth-order valence-electron chi connectivity index (χ4n) is 0.971. The molecule has 1 unspecified atom stereocenters. The largest absolute Gasteiger partial charge is 0.391 e. The fourth-order valence-corrected chi connectivity index (χ4v) is 1.21. The quantitative estimate of drug-likeness (QED) is 0.421. The minimum absolute atomic E-state index is 0.132. The molecule has 1 heterocycles. The maximum atomic E-state index is 11.0. The summed E-state index contributed by atoms with van der Waals surface area (Å²) in [6.45, 7) is 0.178. The predicted molar refractivity (Wildman–Crippen MR) is 46.4 cm³/mol. The molecule has 1 aliphatic rings. The second-order valence-electron chi connectivity index (χ2n) is 2.38. The van der Waals surface area contributed by atoms with Gasteiger partial charge in [-0.2, -0.15) is 5.06 Å². The van der Waals surface area contributed by atoms with Crippen LogP contribution in [0.5, 0.6) is 0 Å². The molecule has 1 rings (SSSR count). The summed E-state index contributed by atoms with van der Waals surface area (Å²) in [7, 11) is 0. The molecule has 1 aliphatic heterocycles. The van der Waals surface area contributed by atoms with E-state index in [2.05, 4.69) is 4.84 Å². The Labute approximate surface area is 82.1 Å². The Balaban J connectivity index is 2.51. The van der Waals surface area contributed by atoms with E-state index >= 15 is 0 Å². The van der Waals surface area contributed by atoms with Gasteiger partial charge in [-0.05, 0) is 0 Å². The van der Waals surface area contributed by atoms with Gasteiger partial charge in [0.2, 0.25) is 0 Å². The van der Waals surface area contributed by atoms with E-state index in [9.17, 15) is 14.4 Å². The summed E-state index contributed by atoms with van der Waals surface area (Å²) < 4.78 is -0.576. The molecule has 12 heavy (non-hydrogen) atoms. The zero-order valence-corrected chi connectivity index (χ0v) is 8.18. The molecule has 0 N–H and O–H groups in total. The second kappa shape index (κ2) is 3.83. The Kier molecular flexibility index (Phi) is 3.01. The topological polar surface area (TPSA) is 63.7 Å². The van der Waals surface area contributed by atoms with Crippen molar-refractivity contribution in [2.75, 3.05) is 6.54 Å². The average Bonchev–Trinajstić information content (AvgIpc) is 2.31. The third-order valence-corrected chi connectivity index (χ3v) is 1.69. The van der Waals surface area contributed by atoms with Crippen LogP contribution in [0.15, 0.2) is 0 Å². The van der Waals surface area contributed by atoms with Gasteiger partial charge in [0.15, 0.2) is 0 Å². The minimum Gasteiger partial charge on any atom is -0.328 e. The van der Waals surface area contributed by atoms with Crippen LogP contribution in [-0.2, 0) is 14.4 Å². The van der Waals surface area contributed by atoms with Gasteiger partial charge in [-0.1, -0.05) is 0 Å². The van der Waals surface area contributed by atoms with Crippen LogP contribution in [0.3, 0.4) is 0 Å². The molecule has 0 aromatic heterocycles. The van der Waals surface area contributed by atoms with E-state index in [1.807, 2.05) is 0 Å². The van der Waals surface area contributed by atoms with Gasteiger partial charge in [0.05, 0.1) is 29.1 Å². The third-order valence-electron chi connectivity index (χ3n) is 1.49. The SMILES string of the molecule is O=CC1CC(=O)N(OC(=O)I)C1. The molecule has 1 fully saturated rings. The minimum atomic E-state index is -0.576. The van der Waals surface area contributed by atoms with Crippen molar-refractivity contribution in [1.29, 1.82) is 0 Å². The molecule has 0 saturated carbocycles. The number of nitrogens with zero attached hydrogens (tertiary/aromatic N) is 1. The zero-order chi connectivity index (χ0) is 9.14. The smallest absolute Gasteiger partial charge is 0.328 e. The number of amides is 1. The maximum Gasteiger partial charge on any atom is 0.391 e. The lowest BCUT2D eigenvalue weighted by atomic mass is 10.1. The van der Waals surface area contributed by atoms with Gasteiger partial charge in [0, 0.05) is 12.3 Å². The number of hydrogen-bond donors (Lipinski definition) is 0. The molecule has 66 valence electrons. The van der Waals surface area contributed by atoms with Gasteiger partial charge in [0.1, 0.15) is 6.29 Å². The van der Waals surface area contributed by atoms with E-state index in [1.165, 1.54) is 22.6 Å². The van der Waals surface area contributed by atoms with Gasteiger partial charge >= 0.3 is 3.98 Å². The first-order valence-electron chi connectivity index (χ1n) is 3.26. The summed E-state index contributed by atoms with van der Waals surface area (Å²) in [6.07, 6.45) is 0.826. The molecular weight excluding hydrogens is 277 g/mol. The van der Waals surface area contributed by atoms with E-state index < -0.39 is 3.98 Å². The van der Waals surface area contributed by atoms with Gasteiger partial charge in [-0.25, -0.2) is 4.79 Å². The maximum absolute atomic E-state index is 11.0. The Morgan fingerprint density at radius 2 is 2.42 bits per heavy atom. The lowest BCUT2D eigenvalue weighted by Crippen LogP contribution is -2.26. The van der Waals surface area contributed by atoms with Crippen LogP contribution in [0, 0.1) is 5.92 Å². The molecule has 1 amide bonds. The highest BCUT2D eigenvalue weighted by Crippen LogP contribution is 2.16. The van der Waals surface area contributed by atoms with Gasteiger partial charge in [-0.15, -0.1) is 0 Å². The molecule has 0 aromatic rings. The highest BCUT2D eigenvalue weighted by atomic mass is 127. The second-order valence-corrected chi connectivity index (χ2v) is 3.26. The molecule has 0 bridgehead atoms.